The van der Waals surface area contributed by atoms with Gasteiger partial charge in [0.05, 0.1) is 14.8 Å². The second kappa shape index (κ2) is 3.16. The highest BCUT2D eigenvalue weighted by molar-refractivity contribution is 7.68. The van der Waals surface area contributed by atoms with Gasteiger partial charge in [-0.15, -0.1) is 0 Å². The van der Waals surface area contributed by atoms with E-state index in [2.05, 4.69) is 0 Å². The first-order valence-corrected chi connectivity index (χ1v) is 4.35. The van der Waals surface area contributed by atoms with E-state index < -0.39 is 8.15 Å². The molecule has 0 saturated carbocycles. The van der Waals surface area contributed by atoms with Gasteiger partial charge in [-0.25, -0.2) is 0 Å². The summed E-state index contributed by atoms with van der Waals surface area (Å²) in [5.74, 6) is 1.45. The standard InChI is InChI=1S/C5H10NOP/c6-5-8-4-2-1-3-7-8/h5-6H,1-4H2. The average molecular weight is 131 g/mol. The topological polar surface area (TPSA) is 33.1 Å². The summed E-state index contributed by atoms with van der Waals surface area (Å²) in [4.78, 5) is 0. The van der Waals surface area contributed by atoms with Crippen molar-refractivity contribution in [1.29, 1.82) is 5.41 Å². The van der Waals surface area contributed by atoms with Crippen molar-refractivity contribution in [1.82, 2.24) is 0 Å². The van der Waals surface area contributed by atoms with Gasteiger partial charge in [-0.2, -0.15) is 0 Å². The van der Waals surface area contributed by atoms with Gasteiger partial charge in [-0.1, -0.05) is 0 Å². The molecule has 0 aromatic rings. The first-order valence-electron chi connectivity index (χ1n) is 2.83. The van der Waals surface area contributed by atoms with E-state index in [4.69, 9.17) is 9.93 Å². The van der Waals surface area contributed by atoms with E-state index >= 15 is 0 Å². The molecule has 1 N–H and O–H groups in total. The van der Waals surface area contributed by atoms with Gasteiger partial charge in [-0.3, -0.25) is 0 Å². The molecule has 1 unspecified atom stereocenters. The molecule has 1 fully saturated rings. The molecule has 0 aliphatic carbocycles. The van der Waals surface area contributed by atoms with Crippen LogP contribution in [0.1, 0.15) is 12.8 Å². The van der Waals surface area contributed by atoms with Gasteiger partial charge in [0.1, 0.15) is 0 Å². The molecule has 1 saturated heterocycles. The molecular formula is C5H10NOP. The Morgan fingerprint density at radius 3 is 2.75 bits per heavy atom. The summed E-state index contributed by atoms with van der Waals surface area (Å²) in [6, 6.07) is 0. The molecule has 1 heterocycles. The smallest absolute Gasteiger partial charge is 0.0709 e. The number of nitrogens with one attached hydrogen (secondary N) is 1. The maximum absolute atomic E-state index is 6.88. The average Bonchev–Trinajstić information content (AvgIpc) is 1.90. The fraction of sp³-hybridized carbons (Fsp3) is 0.800. The Kier molecular flexibility index (Phi) is 2.44. The second-order valence-electron chi connectivity index (χ2n) is 1.81. The predicted molar refractivity (Wildman–Crippen MR) is 35.8 cm³/mol. The van der Waals surface area contributed by atoms with Gasteiger partial charge in [0.15, 0.2) is 0 Å². The minimum absolute atomic E-state index is 0.428. The van der Waals surface area contributed by atoms with Crippen LogP contribution in [0.15, 0.2) is 0 Å². The lowest BCUT2D eigenvalue weighted by molar-refractivity contribution is 0.329. The van der Waals surface area contributed by atoms with Crippen LogP contribution in [-0.4, -0.2) is 18.7 Å². The summed E-state index contributed by atoms with van der Waals surface area (Å²) in [6.07, 6.45) is 3.55. The normalized spacial score (nSPS) is 29.8. The van der Waals surface area contributed by atoms with Crippen LogP contribution < -0.4 is 0 Å². The van der Waals surface area contributed by atoms with Crippen LogP contribution in [0.4, 0.5) is 0 Å². The van der Waals surface area contributed by atoms with Crippen molar-refractivity contribution in [2.45, 2.75) is 12.8 Å². The molecule has 0 bridgehead atoms. The zero-order chi connectivity index (χ0) is 5.82. The highest BCUT2D eigenvalue weighted by Crippen LogP contribution is 2.37. The Hall–Kier alpha value is 0.0600. The lowest BCUT2D eigenvalue weighted by Gasteiger charge is -2.17. The van der Waals surface area contributed by atoms with E-state index in [1.807, 2.05) is 0 Å². The van der Waals surface area contributed by atoms with Crippen LogP contribution >= 0.6 is 8.15 Å². The van der Waals surface area contributed by atoms with E-state index in [0.29, 0.717) is 0 Å². The number of hydrogen-bond donors (Lipinski definition) is 1. The lowest BCUT2D eigenvalue weighted by atomic mass is 10.4. The minimum atomic E-state index is -0.428. The van der Waals surface area contributed by atoms with Crippen molar-refractivity contribution in [3.8, 4) is 0 Å². The Bertz CT molecular complexity index is 80.5. The quantitative estimate of drug-likeness (QED) is 0.427. The van der Waals surface area contributed by atoms with E-state index in [0.717, 1.165) is 12.8 Å². The molecule has 0 radical (unpaired) electrons. The number of hydrogen-bond acceptors (Lipinski definition) is 2. The van der Waals surface area contributed by atoms with Crippen LogP contribution in [0, 0.1) is 5.41 Å². The summed E-state index contributed by atoms with van der Waals surface area (Å²) in [6.45, 7) is 0.876. The van der Waals surface area contributed by atoms with E-state index in [-0.39, 0.29) is 0 Å². The molecule has 1 atom stereocenters. The maximum atomic E-state index is 6.88. The fourth-order valence-corrected chi connectivity index (χ4v) is 1.95. The van der Waals surface area contributed by atoms with Gasteiger partial charge in [0, 0.05) is 5.96 Å². The lowest BCUT2D eigenvalue weighted by Crippen LogP contribution is -2.01. The zero-order valence-electron chi connectivity index (χ0n) is 4.76. The molecule has 2 nitrogen and oxygen atoms in total. The third kappa shape index (κ3) is 1.53. The molecule has 3 heteroatoms. The summed E-state index contributed by atoms with van der Waals surface area (Å²) < 4.78 is 5.25. The van der Waals surface area contributed by atoms with Gasteiger partial charge in [-0.05, 0) is 19.0 Å². The Labute approximate surface area is 50.6 Å². The highest BCUT2D eigenvalue weighted by atomic mass is 31.1. The van der Waals surface area contributed by atoms with Crippen molar-refractivity contribution in [3.63, 3.8) is 0 Å². The van der Waals surface area contributed by atoms with Crippen molar-refractivity contribution in [2.75, 3.05) is 12.8 Å². The Balaban J connectivity index is 2.22. The summed E-state index contributed by atoms with van der Waals surface area (Å²) in [7, 11) is -0.428. The first kappa shape index (κ1) is 6.18. The third-order valence-corrected chi connectivity index (χ3v) is 2.73. The minimum Gasteiger partial charge on any atom is -0.354 e. The van der Waals surface area contributed by atoms with Gasteiger partial charge in [0.25, 0.3) is 0 Å². The van der Waals surface area contributed by atoms with Gasteiger partial charge in [0.2, 0.25) is 0 Å². The van der Waals surface area contributed by atoms with Crippen molar-refractivity contribution < 1.29 is 4.52 Å². The van der Waals surface area contributed by atoms with Gasteiger partial charge < -0.3 is 9.93 Å². The molecular weight excluding hydrogens is 121 g/mol. The largest absolute Gasteiger partial charge is 0.354 e. The molecule has 0 amide bonds. The van der Waals surface area contributed by atoms with E-state index in [1.165, 1.54) is 18.8 Å². The molecule has 1 rings (SSSR count). The summed E-state index contributed by atoms with van der Waals surface area (Å²) in [5.41, 5.74) is 0. The predicted octanol–water partition coefficient (Wildman–Crippen LogP) is 1.80. The van der Waals surface area contributed by atoms with Crippen molar-refractivity contribution >= 4 is 14.1 Å². The Morgan fingerprint density at radius 2 is 2.38 bits per heavy atom. The zero-order valence-corrected chi connectivity index (χ0v) is 5.66. The second-order valence-corrected chi connectivity index (χ2v) is 3.61. The third-order valence-electron chi connectivity index (χ3n) is 1.17. The molecule has 0 aromatic heterocycles. The van der Waals surface area contributed by atoms with Gasteiger partial charge >= 0.3 is 0 Å². The maximum Gasteiger partial charge on any atom is 0.0709 e. The van der Waals surface area contributed by atoms with Crippen LogP contribution in [0.5, 0.6) is 0 Å². The van der Waals surface area contributed by atoms with Crippen molar-refractivity contribution in [3.05, 3.63) is 0 Å². The fourth-order valence-electron chi connectivity index (χ4n) is 0.718. The summed E-state index contributed by atoms with van der Waals surface area (Å²) in [5, 5.41) is 6.88. The van der Waals surface area contributed by atoms with E-state index in [9.17, 15) is 0 Å². The molecule has 1 aliphatic rings. The first-order chi connectivity index (χ1) is 3.93. The monoisotopic (exact) mass is 131 g/mol. The van der Waals surface area contributed by atoms with Crippen molar-refractivity contribution in [2.24, 2.45) is 0 Å². The Morgan fingerprint density at radius 1 is 1.50 bits per heavy atom. The SMILES string of the molecule is N=CP1CCCCO1. The van der Waals surface area contributed by atoms with Crippen LogP contribution in [0.2, 0.25) is 0 Å². The molecule has 8 heavy (non-hydrogen) atoms. The van der Waals surface area contributed by atoms with Crippen LogP contribution in [0.3, 0.4) is 0 Å². The van der Waals surface area contributed by atoms with Crippen LogP contribution in [0.25, 0.3) is 0 Å². The molecule has 0 aromatic carbocycles. The molecule has 0 spiro atoms. The molecule has 46 valence electrons. The molecule has 1 aliphatic heterocycles. The van der Waals surface area contributed by atoms with E-state index in [1.54, 1.807) is 0 Å². The highest BCUT2D eigenvalue weighted by Gasteiger charge is 2.09. The van der Waals surface area contributed by atoms with Crippen LogP contribution in [-0.2, 0) is 4.52 Å². The summed E-state index contributed by atoms with van der Waals surface area (Å²) >= 11 is 0. The number of rotatable bonds is 1.